The van der Waals surface area contributed by atoms with Gasteiger partial charge in [-0.25, -0.2) is 9.36 Å². The molecule has 0 aromatic heterocycles. The van der Waals surface area contributed by atoms with Crippen LogP contribution in [0.5, 0.6) is 0 Å². The van der Waals surface area contributed by atoms with E-state index in [2.05, 4.69) is 9.26 Å². The van der Waals surface area contributed by atoms with Gasteiger partial charge in [-0.15, -0.1) is 0 Å². The average Bonchev–Trinajstić information content (AvgIpc) is 1.59. The highest BCUT2D eigenvalue weighted by Crippen LogP contribution is 2.36. The summed E-state index contributed by atoms with van der Waals surface area (Å²) in [5.41, 5.74) is 0. The Morgan fingerprint density at radius 2 is 2.10 bits per heavy atom. The van der Waals surface area contributed by atoms with Crippen LogP contribution in [0, 0.1) is 0 Å². The van der Waals surface area contributed by atoms with E-state index in [1.807, 2.05) is 0 Å². The Morgan fingerprint density at radius 1 is 1.60 bits per heavy atom. The molecule has 0 aliphatic carbocycles. The van der Waals surface area contributed by atoms with Gasteiger partial charge in [0.25, 0.3) is 0 Å². The first-order valence-corrected chi connectivity index (χ1v) is 3.90. The van der Waals surface area contributed by atoms with Crippen LogP contribution in [0.15, 0.2) is 0 Å². The molecule has 0 rings (SSSR count). The van der Waals surface area contributed by atoms with Crippen molar-refractivity contribution in [3.63, 3.8) is 0 Å². The van der Waals surface area contributed by atoms with Crippen molar-refractivity contribution in [2.24, 2.45) is 0 Å². The van der Waals surface area contributed by atoms with Gasteiger partial charge >= 0.3 is 14.0 Å². The fraction of sp³-hybridized carbons (Fsp3) is 0.667. The minimum absolute atomic E-state index is 0.0127. The smallest absolute Gasteiger partial charge is 0.434 e. The van der Waals surface area contributed by atoms with E-state index >= 15 is 0 Å². The molecule has 7 heteroatoms. The van der Waals surface area contributed by atoms with Crippen molar-refractivity contribution in [1.29, 1.82) is 0 Å². The molecule has 60 valence electrons. The first-order valence-electron chi connectivity index (χ1n) is 2.37. The van der Waals surface area contributed by atoms with Crippen LogP contribution in [0.3, 0.4) is 0 Å². The molecule has 0 aliphatic rings. The van der Waals surface area contributed by atoms with Crippen molar-refractivity contribution < 1.29 is 28.4 Å². The molecular formula is C3H7O6P. The van der Waals surface area contributed by atoms with E-state index in [1.54, 1.807) is 0 Å². The van der Waals surface area contributed by atoms with Gasteiger partial charge in [0, 0.05) is 0 Å². The van der Waals surface area contributed by atoms with Crippen LogP contribution >= 0.6 is 7.82 Å². The van der Waals surface area contributed by atoms with E-state index in [9.17, 15) is 9.36 Å². The van der Waals surface area contributed by atoms with Crippen LogP contribution in [-0.2, 0) is 13.8 Å². The SMILES string of the molecule is CCOC(=O)OP(=O)(O)O. The lowest BCUT2D eigenvalue weighted by Crippen LogP contribution is -2.04. The molecule has 0 saturated heterocycles. The Morgan fingerprint density at radius 3 is 2.40 bits per heavy atom. The Labute approximate surface area is 57.0 Å². The fourth-order valence-electron chi connectivity index (χ4n) is 0.241. The summed E-state index contributed by atoms with van der Waals surface area (Å²) in [6.45, 7) is 1.50. The number of hydrogen-bond donors (Lipinski definition) is 2. The van der Waals surface area contributed by atoms with Crippen molar-refractivity contribution in [3.8, 4) is 0 Å². The van der Waals surface area contributed by atoms with E-state index in [4.69, 9.17) is 9.79 Å². The lowest BCUT2D eigenvalue weighted by Gasteiger charge is -2.03. The molecule has 6 nitrogen and oxygen atoms in total. The van der Waals surface area contributed by atoms with Gasteiger partial charge < -0.3 is 9.26 Å². The summed E-state index contributed by atoms with van der Waals surface area (Å²) in [5, 5.41) is 0. The fourth-order valence-corrected chi connectivity index (χ4v) is 0.488. The van der Waals surface area contributed by atoms with Crippen LogP contribution in [0.2, 0.25) is 0 Å². The van der Waals surface area contributed by atoms with E-state index < -0.39 is 14.0 Å². The highest BCUT2D eigenvalue weighted by Gasteiger charge is 2.20. The highest BCUT2D eigenvalue weighted by molar-refractivity contribution is 7.46. The predicted octanol–water partition coefficient (Wildman–Crippen LogP) is 0.252. The molecule has 0 unspecified atom stereocenters. The van der Waals surface area contributed by atoms with E-state index in [0.29, 0.717) is 0 Å². The lowest BCUT2D eigenvalue weighted by atomic mass is 10.9. The van der Waals surface area contributed by atoms with Crippen molar-refractivity contribution in [1.82, 2.24) is 0 Å². The van der Waals surface area contributed by atoms with Crippen LogP contribution in [-0.4, -0.2) is 22.5 Å². The zero-order valence-corrected chi connectivity index (χ0v) is 6.08. The quantitative estimate of drug-likeness (QED) is 0.455. The molecule has 0 aromatic carbocycles. The molecule has 0 aliphatic heterocycles. The standard InChI is InChI=1S/C3H7O6P/c1-2-8-3(4)9-10(5,6)7/h2H2,1H3,(H2,5,6,7). The molecule has 0 spiro atoms. The molecule has 0 aromatic rings. The summed E-state index contributed by atoms with van der Waals surface area (Å²) in [5.74, 6) is 0. The van der Waals surface area contributed by atoms with Gasteiger partial charge in [-0.3, -0.25) is 9.79 Å². The van der Waals surface area contributed by atoms with E-state index in [0.717, 1.165) is 0 Å². The molecule has 0 saturated carbocycles. The van der Waals surface area contributed by atoms with Gasteiger partial charge in [0.1, 0.15) is 0 Å². The first-order chi connectivity index (χ1) is 4.45. The Hall–Kier alpha value is -0.580. The third-order valence-electron chi connectivity index (χ3n) is 0.456. The zero-order chi connectivity index (χ0) is 8.20. The van der Waals surface area contributed by atoms with Crippen molar-refractivity contribution in [2.45, 2.75) is 6.92 Å². The Bertz CT molecular complexity index is 158. The summed E-state index contributed by atoms with van der Waals surface area (Å²) in [4.78, 5) is 26.1. The normalized spacial score (nSPS) is 10.7. The van der Waals surface area contributed by atoms with Gasteiger partial charge in [-0.1, -0.05) is 0 Å². The van der Waals surface area contributed by atoms with Crippen molar-refractivity contribution in [2.75, 3.05) is 6.61 Å². The third-order valence-corrected chi connectivity index (χ3v) is 0.843. The number of rotatable bonds is 2. The van der Waals surface area contributed by atoms with Crippen LogP contribution in [0.4, 0.5) is 4.79 Å². The van der Waals surface area contributed by atoms with Gasteiger partial charge in [0.2, 0.25) is 0 Å². The number of carbonyl (C=O) groups is 1. The number of ether oxygens (including phenoxy) is 1. The maximum Gasteiger partial charge on any atom is 0.529 e. The summed E-state index contributed by atoms with van der Waals surface area (Å²) in [6.07, 6.45) is -1.36. The van der Waals surface area contributed by atoms with Gasteiger partial charge in [0.15, 0.2) is 0 Å². The van der Waals surface area contributed by atoms with E-state index in [-0.39, 0.29) is 6.61 Å². The predicted molar refractivity (Wildman–Crippen MR) is 30.2 cm³/mol. The second-order valence-electron chi connectivity index (χ2n) is 1.26. The monoisotopic (exact) mass is 170 g/mol. The first kappa shape index (κ1) is 9.42. The van der Waals surface area contributed by atoms with Crippen molar-refractivity contribution >= 4 is 14.0 Å². The minimum atomic E-state index is -4.73. The number of hydrogen-bond acceptors (Lipinski definition) is 4. The third kappa shape index (κ3) is 5.55. The molecule has 0 heterocycles. The maximum atomic E-state index is 10.1. The van der Waals surface area contributed by atoms with Crippen LogP contribution in [0.25, 0.3) is 0 Å². The Balaban J connectivity index is 3.70. The maximum absolute atomic E-state index is 10.1. The molecule has 2 N–H and O–H groups in total. The molecule has 0 radical (unpaired) electrons. The molecular weight excluding hydrogens is 163 g/mol. The number of phosphoric acid groups is 1. The molecule has 10 heavy (non-hydrogen) atoms. The lowest BCUT2D eigenvalue weighted by molar-refractivity contribution is 0.0906. The highest BCUT2D eigenvalue weighted by atomic mass is 31.2. The number of carbonyl (C=O) groups excluding carboxylic acids is 1. The number of phosphoric ester groups is 1. The molecule has 0 amide bonds. The largest absolute Gasteiger partial charge is 0.529 e. The van der Waals surface area contributed by atoms with Crippen molar-refractivity contribution in [3.05, 3.63) is 0 Å². The second-order valence-corrected chi connectivity index (χ2v) is 2.43. The summed E-state index contributed by atoms with van der Waals surface area (Å²) >= 11 is 0. The second kappa shape index (κ2) is 3.55. The van der Waals surface area contributed by atoms with Gasteiger partial charge in [-0.05, 0) is 6.92 Å². The summed E-state index contributed by atoms with van der Waals surface area (Å²) in [7, 11) is -4.73. The van der Waals surface area contributed by atoms with Crippen LogP contribution in [0.1, 0.15) is 6.92 Å². The summed E-state index contributed by atoms with van der Waals surface area (Å²) < 4.78 is 17.4. The average molecular weight is 170 g/mol. The van der Waals surface area contributed by atoms with E-state index in [1.165, 1.54) is 6.92 Å². The van der Waals surface area contributed by atoms with Gasteiger partial charge in [-0.2, -0.15) is 0 Å². The zero-order valence-electron chi connectivity index (χ0n) is 5.18. The Kier molecular flexibility index (Phi) is 3.35. The topological polar surface area (TPSA) is 93.1 Å². The van der Waals surface area contributed by atoms with Crippen LogP contribution < -0.4 is 0 Å². The molecule has 0 atom stereocenters. The molecule has 0 bridgehead atoms. The summed E-state index contributed by atoms with van der Waals surface area (Å²) in [6, 6.07) is 0. The van der Waals surface area contributed by atoms with Gasteiger partial charge in [0.05, 0.1) is 6.61 Å². The molecule has 0 fully saturated rings. The minimum Gasteiger partial charge on any atom is -0.434 e.